The molecule has 0 aromatic carbocycles. The van der Waals surface area contributed by atoms with Gasteiger partial charge >= 0.3 is 0 Å². The van der Waals surface area contributed by atoms with Crippen LogP contribution in [-0.2, 0) is 6.54 Å². The molecule has 0 bridgehead atoms. The van der Waals surface area contributed by atoms with Gasteiger partial charge in [-0.1, -0.05) is 6.08 Å². The van der Waals surface area contributed by atoms with E-state index < -0.39 is 0 Å². The van der Waals surface area contributed by atoms with Crippen LogP contribution < -0.4 is 10.9 Å². The second-order valence-electron chi connectivity index (χ2n) is 4.07. The fourth-order valence-electron chi connectivity index (χ4n) is 1.46. The first-order chi connectivity index (χ1) is 8.56. The van der Waals surface area contributed by atoms with Crippen molar-refractivity contribution in [3.63, 3.8) is 0 Å². The summed E-state index contributed by atoms with van der Waals surface area (Å²) in [6, 6.07) is 0. The Bertz CT molecular complexity index is 457. The smallest absolute Gasteiger partial charge is 0.283 e. The number of nitrogens with one attached hydrogen (secondary N) is 1. The average molecular weight is 316 g/mol. The third-order valence-electron chi connectivity index (χ3n) is 2.40. The number of nitrogens with zero attached hydrogens (tertiary/aromatic N) is 2. The van der Waals surface area contributed by atoms with Crippen molar-refractivity contribution >= 4 is 21.6 Å². The van der Waals surface area contributed by atoms with Gasteiger partial charge < -0.3 is 10.4 Å². The highest BCUT2D eigenvalue weighted by Gasteiger charge is 2.07. The number of aromatic nitrogens is 2. The van der Waals surface area contributed by atoms with Crippen molar-refractivity contribution in [2.24, 2.45) is 0 Å². The van der Waals surface area contributed by atoms with Gasteiger partial charge in [0.1, 0.15) is 4.47 Å². The summed E-state index contributed by atoms with van der Waals surface area (Å²) in [5.41, 5.74) is 0.487. The molecular formula is C12H18BrN3O2. The van der Waals surface area contributed by atoms with E-state index in [9.17, 15) is 4.79 Å². The lowest BCUT2D eigenvalue weighted by atomic mass is 10.2. The lowest BCUT2D eigenvalue weighted by Crippen LogP contribution is -2.24. The summed E-state index contributed by atoms with van der Waals surface area (Å²) >= 11 is 3.26. The molecule has 0 fully saturated rings. The van der Waals surface area contributed by atoms with Crippen LogP contribution in [0, 0.1) is 0 Å². The molecule has 6 heteroatoms. The second kappa shape index (κ2) is 7.33. The van der Waals surface area contributed by atoms with Gasteiger partial charge in [-0.15, -0.1) is 6.58 Å². The van der Waals surface area contributed by atoms with E-state index in [1.807, 2.05) is 0 Å². The first-order valence-electron chi connectivity index (χ1n) is 5.84. The van der Waals surface area contributed by atoms with Crippen LogP contribution in [0.3, 0.4) is 0 Å². The van der Waals surface area contributed by atoms with Gasteiger partial charge in [0, 0.05) is 6.54 Å². The zero-order valence-corrected chi connectivity index (χ0v) is 12.0. The monoisotopic (exact) mass is 315 g/mol. The highest BCUT2D eigenvalue weighted by Crippen LogP contribution is 2.16. The molecule has 1 atom stereocenters. The molecule has 1 unspecified atom stereocenters. The van der Waals surface area contributed by atoms with E-state index in [0.29, 0.717) is 23.2 Å². The van der Waals surface area contributed by atoms with Crippen LogP contribution in [0.1, 0.15) is 19.8 Å². The number of allylic oxidation sites excluding steroid dienone is 1. The molecule has 100 valence electrons. The number of anilines is 1. The minimum Gasteiger partial charge on any atom is -0.393 e. The van der Waals surface area contributed by atoms with E-state index in [1.54, 1.807) is 19.2 Å². The number of hydrogen-bond acceptors (Lipinski definition) is 4. The lowest BCUT2D eigenvalue weighted by Gasteiger charge is -2.10. The van der Waals surface area contributed by atoms with Crippen LogP contribution in [0.2, 0.25) is 0 Å². The van der Waals surface area contributed by atoms with Crippen molar-refractivity contribution < 1.29 is 5.11 Å². The molecule has 0 aliphatic rings. The van der Waals surface area contributed by atoms with E-state index >= 15 is 0 Å². The van der Waals surface area contributed by atoms with E-state index in [0.717, 1.165) is 12.8 Å². The van der Waals surface area contributed by atoms with E-state index in [2.05, 4.69) is 32.9 Å². The van der Waals surface area contributed by atoms with Crippen LogP contribution in [0.5, 0.6) is 0 Å². The standard InChI is InChI=1S/C12H18BrN3O2/c1-3-7-16-12(18)11(13)10(8-15-16)14-6-4-5-9(2)17/h3,8-9,14,17H,1,4-7H2,2H3. The van der Waals surface area contributed by atoms with Gasteiger partial charge in [0.2, 0.25) is 0 Å². The summed E-state index contributed by atoms with van der Waals surface area (Å²) in [5.74, 6) is 0. The number of aliphatic hydroxyl groups is 1. The molecule has 0 aliphatic heterocycles. The first-order valence-corrected chi connectivity index (χ1v) is 6.64. The van der Waals surface area contributed by atoms with Crippen LogP contribution >= 0.6 is 15.9 Å². The topological polar surface area (TPSA) is 67.2 Å². The van der Waals surface area contributed by atoms with Gasteiger partial charge in [-0.2, -0.15) is 5.10 Å². The first kappa shape index (κ1) is 14.9. The molecule has 2 N–H and O–H groups in total. The van der Waals surface area contributed by atoms with Crippen molar-refractivity contribution in [3.8, 4) is 0 Å². The zero-order chi connectivity index (χ0) is 13.5. The van der Waals surface area contributed by atoms with E-state index in [-0.39, 0.29) is 11.7 Å². The number of rotatable bonds is 7. The van der Waals surface area contributed by atoms with Crippen LogP contribution in [0.25, 0.3) is 0 Å². The Morgan fingerprint density at radius 2 is 2.44 bits per heavy atom. The molecule has 1 aromatic heterocycles. The Hall–Kier alpha value is -1.14. The molecule has 0 saturated heterocycles. The van der Waals surface area contributed by atoms with Crippen molar-refractivity contribution in [2.45, 2.75) is 32.4 Å². The number of hydrogen-bond donors (Lipinski definition) is 2. The van der Waals surface area contributed by atoms with Gasteiger partial charge in [-0.3, -0.25) is 4.79 Å². The maximum atomic E-state index is 11.8. The molecule has 1 rings (SSSR count). The number of aliphatic hydroxyl groups excluding tert-OH is 1. The maximum Gasteiger partial charge on any atom is 0.283 e. The molecule has 0 spiro atoms. The minimum atomic E-state index is -0.297. The fourth-order valence-corrected chi connectivity index (χ4v) is 1.91. The third-order valence-corrected chi connectivity index (χ3v) is 3.17. The summed E-state index contributed by atoms with van der Waals surface area (Å²) in [5, 5.41) is 16.3. The molecule has 18 heavy (non-hydrogen) atoms. The average Bonchev–Trinajstić information content (AvgIpc) is 2.33. The predicted octanol–water partition coefficient (Wildman–Crippen LogP) is 1.76. The molecule has 0 amide bonds. The molecule has 0 aliphatic carbocycles. The summed E-state index contributed by atoms with van der Waals surface area (Å²) in [7, 11) is 0. The lowest BCUT2D eigenvalue weighted by molar-refractivity contribution is 0.183. The highest BCUT2D eigenvalue weighted by molar-refractivity contribution is 9.10. The van der Waals surface area contributed by atoms with E-state index in [4.69, 9.17) is 5.11 Å². The van der Waals surface area contributed by atoms with Gasteiger partial charge in [-0.25, -0.2) is 4.68 Å². The largest absolute Gasteiger partial charge is 0.393 e. The quantitative estimate of drug-likeness (QED) is 0.594. The number of halogens is 1. The van der Waals surface area contributed by atoms with Crippen molar-refractivity contribution in [3.05, 3.63) is 33.7 Å². The van der Waals surface area contributed by atoms with Gasteiger partial charge in [0.25, 0.3) is 5.56 Å². The Morgan fingerprint density at radius 1 is 1.72 bits per heavy atom. The van der Waals surface area contributed by atoms with Gasteiger partial charge in [0.15, 0.2) is 0 Å². The van der Waals surface area contributed by atoms with Gasteiger partial charge in [0.05, 0.1) is 24.5 Å². The molecule has 1 aromatic rings. The summed E-state index contributed by atoms with van der Waals surface area (Å²) < 4.78 is 1.80. The summed E-state index contributed by atoms with van der Waals surface area (Å²) in [6.07, 6.45) is 4.49. The highest BCUT2D eigenvalue weighted by atomic mass is 79.9. The fraction of sp³-hybridized carbons (Fsp3) is 0.500. The molecule has 5 nitrogen and oxygen atoms in total. The maximum absolute atomic E-state index is 11.8. The second-order valence-corrected chi connectivity index (χ2v) is 4.86. The summed E-state index contributed by atoms with van der Waals surface area (Å²) in [4.78, 5) is 11.8. The Labute approximate surface area is 115 Å². The van der Waals surface area contributed by atoms with Crippen molar-refractivity contribution in [1.29, 1.82) is 0 Å². The van der Waals surface area contributed by atoms with Crippen LogP contribution in [0.4, 0.5) is 5.69 Å². The molecule has 0 radical (unpaired) electrons. The Balaban J connectivity index is 2.65. The Kier molecular flexibility index (Phi) is 6.07. The molecule has 1 heterocycles. The molecule has 0 saturated carbocycles. The zero-order valence-electron chi connectivity index (χ0n) is 10.4. The van der Waals surface area contributed by atoms with Crippen LogP contribution in [0.15, 0.2) is 28.1 Å². The third kappa shape index (κ3) is 4.27. The SMILES string of the molecule is C=CCn1ncc(NCCCC(C)O)c(Br)c1=O. The van der Waals surface area contributed by atoms with Crippen molar-refractivity contribution in [1.82, 2.24) is 9.78 Å². The normalized spacial score (nSPS) is 12.2. The predicted molar refractivity (Wildman–Crippen MR) is 75.8 cm³/mol. The Morgan fingerprint density at radius 3 is 3.06 bits per heavy atom. The van der Waals surface area contributed by atoms with Gasteiger partial charge in [-0.05, 0) is 35.7 Å². The minimum absolute atomic E-state index is 0.185. The summed E-state index contributed by atoms with van der Waals surface area (Å²) in [6.45, 7) is 6.41. The van der Waals surface area contributed by atoms with E-state index in [1.165, 1.54) is 4.68 Å². The molecular weight excluding hydrogens is 298 g/mol. The van der Waals surface area contributed by atoms with Crippen LogP contribution in [-0.4, -0.2) is 27.5 Å². The van der Waals surface area contributed by atoms with Crippen molar-refractivity contribution in [2.75, 3.05) is 11.9 Å².